The van der Waals surface area contributed by atoms with E-state index in [-0.39, 0.29) is 34.9 Å². The molecule has 182 valence electrons. The fraction of sp³-hybridized carbons (Fsp3) is 0.793. The molecule has 0 N–H and O–H groups in total. The number of carbonyl (C=O) groups excluding carboxylic acids is 2. The molecule has 4 nitrogen and oxygen atoms in total. The summed E-state index contributed by atoms with van der Waals surface area (Å²) in [6.07, 6.45) is 9.24. The van der Waals surface area contributed by atoms with Crippen LogP contribution in [0.15, 0.2) is 23.5 Å². The van der Waals surface area contributed by atoms with Crippen molar-refractivity contribution < 1.29 is 19.1 Å². The topological polar surface area (TPSA) is 52.6 Å². The Morgan fingerprint density at radius 1 is 1.15 bits per heavy atom. The highest BCUT2D eigenvalue weighted by molar-refractivity contribution is 5.87. The van der Waals surface area contributed by atoms with E-state index in [0.29, 0.717) is 29.5 Å². The van der Waals surface area contributed by atoms with Crippen LogP contribution >= 0.6 is 0 Å². The summed E-state index contributed by atoms with van der Waals surface area (Å²) in [7, 11) is 0. The van der Waals surface area contributed by atoms with Gasteiger partial charge in [-0.1, -0.05) is 19.4 Å². The lowest BCUT2D eigenvalue weighted by Crippen LogP contribution is -2.57. The fourth-order valence-corrected chi connectivity index (χ4v) is 9.15. The molecule has 0 amide bonds. The molecule has 0 radical (unpaired) electrons. The average molecular weight is 455 g/mol. The molecule has 4 aliphatic carbocycles. The van der Waals surface area contributed by atoms with Crippen molar-refractivity contribution in [2.75, 3.05) is 0 Å². The summed E-state index contributed by atoms with van der Waals surface area (Å²) in [5, 5.41) is 0. The lowest BCUT2D eigenvalue weighted by atomic mass is 9.44. The van der Waals surface area contributed by atoms with Crippen LogP contribution in [-0.2, 0) is 19.1 Å². The Kier molecular flexibility index (Phi) is 5.61. The molecule has 9 atom stereocenters. The zero-order valence-electron chi connectivity index (χ0n) is 21.2. The van der Waals surface area contributed by atoms with Crippen molar-refractivity contribution >= 4 is 11.8 Å². The minimum Gasteiger partial charge on any atom is -0.494 e. The van der Waals surface area contributed by atoms with Gasteiger partial charge in [-0.25, -0.2) is 0 Å². The van der Waals surface area contributed by atoms with Gasteiger partial charge in [-0.2, -0.15) is 0 Å². The molecule has 0 aromatic carbocycles. The number of fused-ring (bicyclic) bond motifs is 7. The molecule has 4 heteroatoms. The van der Waals surface area contributed by atoms with E-state index in [2.05, 4.69) is 34.3 Å². The van der Waals surface area contributed by atoms with E-state index < -0.39 is 0 Å². The lowest BCUT2D eigenvalue weighted by Gasteiger charge is -2.60. The molecule has 0 bridgehead atoms. The van der Waals surface area contributed by atoms with E-state index >= 15 is 0 Å². The average Bonchev–Trinajstić information content (AvgIpc) is 3.22. The van der Waals surface area contributed by atoms with Crippen LogP contribution in [0, 0.1) is 40.4 Å². The lowest BCUT2D eigenvalue weighted by molar-refractivity contribution is -0.165. The maximum absolute atomic E-state index is 14.0. The highest BCUT2D eigenvalue weighted by Crippen LogP contribution is 2.68. The molecule has 0 saturated heterocycles. The van der Waals surface area contributed by atoms with Crippen molar-refractivity contribution in [2.24, 2.45) is 40.4 Å². The standard InChI is InChI=1S/C29H42O4/c1-16(2)7-10-24-17(3)27-25(33-24)14-23-21-9-8-19-13-20(32-18(4)30)11-12-28(19,5)22(21)15-26(31)29(23,27)6/h19-23,25,27H,1,7-15H2,2-6H3/t19?,20-,21?,22?,23?,25-,27?,28-,29+/m0/s1. The molecule has 33 heavy (non-hydrogen) atoms. The largest absolute Gasteiger partial charge is 0.494 e. The molecule has 1 aliphatic heterocycles. The van der Waals surface area contributed by atoms with Crippen molar-refractivity contribution in [2.45, 2.75) is 105 Å². The number of carbonyl (C=O) groups is 2. The summed E-state index contributed by atoms with van der Waals surface area (Å²) < 4.78 is 12.2. The maximum atomic E-state index is 14.0. The predicted molar refractivity (Wildman–Crippen MR) is 128 cm³/mol. The first-order valence-corrected chi connectivity index (χ1v) is 13.3. The highest BCUT2D eigenvalue weighted by Gasteiger charge is 2.67. The minimum absolute atomic E-state index is 0.0614. The van der Waals surface area contributed by atoms with Crippen LogP contribution in [0.1, 0.15) is 92.4 Å². The van der Waals surface area contributed by atoms with Gasteiger partial charge in [-0.15, -0.1) is 6.58 Å². The van der Waals surface area contributed by atoms with E-state index in [9.17, 15) is 9.59 Å². The van der Waals surface area contributed by atoms with Gasteiger partial charge in [-0.05, 0) is 93.5 Å². The van der Waals surface area contributed by atoms with E-state index in [1.165, 1.54) is 30.9 Å². The number of hydrogen-bond donors (Lipinski definition) is 0. The summed E-state index contributed by atoms with van der Waals surface area (Å²) in [5.41, 5.74) is 2.43. The number of allylic oxidation sites excluding steroid dienone is 2. The summed E-state index contributed by atoms with van der Waals surface area (Å²) in [6, 6.07) is 0. The number of ketones is 1. The SMILES string of the molecule is C=C(C)CCC1=C(C)C2[C@H](CC3C4CCC5C[C@@H](OC(C)=O)CC[C@]5(C)C4CC(=O)[C@@]32C)O1. The second-order valence-corrected chi connectivity index (χ2v) is 12.5. The quantitative estimate of drug-likeness (QED) is 0.364. The molecule has 4 saturated carbocycles. The second kappa shape index (κ2) is 7.99. The van der Waals surface area contributed by atoms with Crippen molar-refractivity contribution in [3.8, 4) is 0 Å². The van der Waals surface area contributed by atoms with Gasteiger partial charge in [0.2, 0.25) is 0 Å². The monoisotopic (exact) mass is 454 g/mol. The molecule has 0 aromatic rings. The zero-order valence-corrected chi connectivity index (χ0v) is 21.2. The van der Waals surface area contributed by atoms with E-state index in [1.54, 1.807) is 0 Å². The molecule has 5 aliphatic rings. The van der Waals surface area contributed by atoms with Crippen LogP contribution in [0.3, 0.4) is 0 Å². The third kappa shape index (κ3) is 3.45. The number of rotatable bonds is 4. The van der Waals surface area contributed by atoms with Crippen LogP contribution in [-0.4, -0.2) is 24.0 Å². The van der Waals surface area contributed by atoms with Gasteiger partial charge in [0, 0.05) is 31.1 Å². The fourth-order valence-electron chi connectivity index (χ4n) is 9.15. The Morgan fingerprint density at radius 3 is 2.61 bits per heavy atom. The van der Waals surface area contributed by atoms with Crippen LogP contribution in [0.25, 0.3) is 0 Å². The minimum atomic E-state index is -0.279. The first kappa shape index (κ1) is 23.2. The normalized spacial score (nSPS) is 46.1. The summed E-state index contributed by atoms with van der Waals surface area (Å²) in [6.45, 7) is 14.6. The van der Waals surface area contributed by atoms with E-state index in [4.69, 9.17) is 9.47 Å². The molecule has 1 heterocycles. The molecular formula is C29H42O4. The van der Waals surface area contributed by atoms with Gasteiger partial charge in [0.1, 0.15) is 18.0 Å². The molecule has 0 spiro atoms. The first-order valence-electron chi connectivity index (χ1n) is 13.3. The molecular weight excluding hydrogens is 412 g/mol. The Morgan fingerprint density at radius 2 is 1.91 bits per heavy atom. The summed E-state index contributed by atoms with van der Waals surface area (Å²) in [5.74, 6) is 3.76. The zero-order chi connectivity index (χ0) is 23.7. The molecule has 0 aromatic heterocycles. The second-order valence-electron chi connectivity index (χ2n) is 12.5. The summed E-state index contributed by atoms with van der Waals surface area (Å²) in [4.78, 5) is 25.5. The van der Waals surface area contributed by atoms with Crippen LogP contribution in [0.2, 0.25) is 0 Å². The van der Waals surface area contributed by atoms with Gasteiger partial charge < -0.3 is 9.47 Å². The first-order chi connectivity index (χ1) is 15.6. The Bertz CT molecular complexity index is 901. The van der Waals surface area contributed by atoms with Gasteiger partial charge >= 0.3 is 5.97 Å². The maximum Gasteiger partial charge on any atom is 0.302 e. The van der Waals surface area contributed by atoms with Gasteiger partial charge in [0.15, 0.2) is 0 Å². The number of ether oxygens (including phenoxy) is 2. The third-order valence-electron chi connectivity index (χ3n) is 10.8. The Labute approximate surface area is 199 Å². The van der Waals surface area contributed by atoms with Crippen LogP contribution in [0.5, 0.6) is 0 Å². The number of hydrogen-bond acceptors (Lipinski definition) is 4. The predicted octanol–water partition coefficient (Wildman–Crippen LogP) is 6.40. The molecule has 5 rings (SSSR count). The van der Waals surface area contributed by atoms with Crippen LogP contribution < -0.4 is 0 Å². The van der Waals surface area contributed by atoms with Crippen molar-refractivity contribution in [3.63, 3.8) is 0 Å². The third-order valence-corrected chi connectivity index (χ3v) is 10.8. The molecule has 4 fully saturated rings. The van der Waals surface area contributed by atoms with E-state index in [0.717, 1.165) is 50.7 Å². The van der Waals surface area contributed by atoms with E-state index in [1.807, 2.05) is 0 Å². The van der Waals surface area contributed by atoms with Crippen molar-refractivity contribution in [3.05, 3.63) is 23.5 Å². The number of esters is 1. The summed E-state index contributed by atoms with van der Waals surface area (Å²) >= 11 is 0. The van der Waals surface area contributed by atoms with Crippen molar-refractivity contribution in [1.82, 2.24) is 0 Å². The van der Waals surface area contributed by atoms with Crippen LogP contribution in [0.4, 0.5) is 0 Å². The Balaban J connectivity index is 1.39. The van der Waals surface area contributed by atoms with Crippen molar-refractivity contribution in [1.29, 1.82) is 0 Å². The smallest absolute Gasteiger partial charge is 0.302 e. The number of Topliss-reactive ketones (excluding diaryl/α,β-unsaturated/α-hetero) is 1. The van der Waals surface area contributed by atoms with Gasteiger partial charge in [0.25, 0.3) is 0 Å². The highest BCUT2D eigenvalue weighted by atomic mass is 16.5. The molecule has 5 unspecified atom stereocenters. The van der Waals surface area contributed by atoms with Gasteiger partial charge in [-0.3, -0.25) is 9.59 Å². The Hall–Kier alpha value is -1.58. The van der Waals surface area contributed by atoms with Gasteiger partial charge in [0.05, 0.1) is 5.76 Å².